The fourth-order valence-electron chi connectivity index (χ4n) is 2.47. The Bertz CT molecular complexity index is 645. The molecule has 108 valence electrons. The Morgan fingerprint density at radius 2 is 1.71 bits per heavy atom. The van der Waals surface area contributed by atoms with E-state index >= 15 is 0 Å². The average molecular weight is 346 g/mol. The van der Waals surface area contributed by atoms with E-state index in [-0.39, 0.29) is 11.3 Å². The van der Waals surface area contributed by atoms with Crippen molar-refractivity contribution in [2.24, 2.45) is 0 Å². The van der Waals surface area contributed by atoms with Gasteiger partial charge in [-0.25, -0.2) is 0 Å². The summed E-state index contributed by atoms with van der Waals surface area (Å²) in [4.78, 5) is 12.6. The van der Waals surface area contributed by atoms with Gasteiger partial charge < -0.3 is 10.1 Å². The molecule has 0 heterocycles. The Morgan fingerprint density at radius 1 is 1.10 bits per heavy atom. The second-order valence-electron chi connectivity index (χ2n) is 5.27. The van der Waals surface area contributed by atoms with Crippen molar-refractivity contribution in [2.45, 2.75) is 18.3 Å². The lowest BCUT2D eigenvalue weighted by Crippen LogP contribution is -2.27. The SMILES string of the molecule is COc1ccc(C2(C(=O)Nc3ccc(Br)cc3)CC2)cc1. The number of halogens is 1. The van der Waals surface area contributed by atoms with Crippen molar-refractivity contribution in [3.8, 4) is 5.75 Å². The topological polar surface area (TPSA) is 38.3 Å². The Balaban J connectivity index is 1.78. The van der Waals surface area contributed by atoms with Crippen LogP contribution in [0.1, 0.15) is 18.4 Å². The van der Waals surface area contributed by atoms with Crippen LogP contribution in [0.4, 0.5) is 5.69 Å². The van der Waals surface area contributed by atoms with Crippen molar-refractivity contribution in [1.29, 1.82) is 0 Å². The molecule has 1 amide bonds. The summed E-state index contributed by atoms with van der Waals surface area (Å²) in [5.74, 6) is 0.873. The van der Waals surface area contributed by atoms with Gasteiger partial charge in [0.05, 0.1) is 12.5 Å². The molecule has 2 aromatic carbocycles. The van der Waals surface area contributed by atoms with Crippen LogP contribution in [0.5, 0.6) is 5.75 Å². The molecule has 1 N–H and O–H groups in total. The summed E-state index contributed by atoms with van der Waals surface area (Å²) >= 11 is 3.39. The third kappa shape index (κ3) is 2.81. The van der Waals surface area contributed by atoms with Crippen LogP contribution in [0.25, 0.3) is 0 Å². The van der Waals surface area contributed by atoms with E-state index in [9.17, 15) is 4.79 Å². The second kappa shape index (κ2) is 5.53. The van der Waals surface area contributed by atoms with Crippen molar-refractivity contribution >= 4 is 27.5 Å². The minimum absolute atomic E-state index is 0.0648. The van der Waals surface area contributed by atoms with Crippen LogP contribution < -0.4 is 10.1 Å². The number of hydrogen-bond donors (Lipinski definition) is 1. The molecule has 1 fully saturated rings. The maximum Gasteiger partial charge on any atom is 0.235 e. The Hall–Kier alpha value is -1.81. The smallest absolute Gasteiger partial charge is 0.235 e. The van der Waals surface area contributed by atoms with Gasteiger partial charge >= 0.3 is 0 Å². The lowest BCUT2D eigenvalue weighted by atomic mass is 9.95. The quantitative estimate of drug-likeness (QED) is 0.904. The van der Waals surface area contributed by atoms with Gasteiger partial charge in [-0.2, -0.15) is 0 Å². The highest BCUT2D eigenvalue weighted by Gasteiger charge is 2.51. The van der Waals surface area contributed by atoms with Crippen molar-refractivity contribution in [3.05, 3.63) is 58.6 Å². The van der Waals surface area contributed by atoms with Crippen LogP contribution >= 0.6 is 15.9 Å². The van der Waals surface area contributed by atoms with Crippen LogP contribution in [-0.4, -0.2) is 13.0 Å². The van der Waals surface area contributed by atoms with Crippen molar-refractivity contribution in [3.63, 3.8) is 0 Å². The number of carbonyl (C=O) groups excluding carboxylic acids is 1. The first-order valence-corrected chi connectivity index (χ1v) is 7.65. The summed E-state index contributed by atoms with van der Waals surface area (Å²) in [7, 11) is 1.64. The third-order valence-corrected chi connectivity index (χ3v) is 4.46. The Morgan fingerprint density at radius 3 is 2.24 bits per heavy atom. The van der Waals surface area contributed by atoms with E-state index in [1.165, 1.54) is 0 Å². The predicted molar refractivity (Wildman–Crippen MR) is 86.7 cm³/mol. The van der Waals surface area contributed by atoms with E-state index in [1.54, 1.807) is 7.11 Å². The van der Waals surface area contributed by atoms with E-state index in [1.807, 2.05) is 48.5 Å². The number of anilines is 1. The number of nitrogens with one attached hydrogen (secondary N) is 1. The van der Waals surface area contributed by atoms with Gasteiger partial charge in [-0.3, -0.25) is 4.79 Å². The zero-order valence-electron chi connectivity index (χ0n) is 11.7. The summed E-state index contributed by atoms with van der Waals surface area (Å²) in [5.41, 5.74) is 1.50. The van der Waals surface area contributed by atoms with Crippen molar-refractivity contribution in [1.82, 2.24) is 0 Å². The number of rotatable bonds is 4. The lowest BCUT2D eigenvalue weighted by Gasteiger charge is -2.16. The molecule has 21 heavy (non-hydrogen) atoms. The molecule has 1 saturated carbocycles. The number of methoxy groups -OCH3 is 1. The lowest BCUT2D eigenvalue weighted by molar-refractivity contribution is -0.118. The van der Waals surface area contributed by atoms with Gasteiger partial charge in [-0.15, -0.1) is 0 Å². The van der Waals surface area contributed by atoms with E-state index in [4.69, 9.17) is 4.74 Å². The molecule has 3 nitrogen and oxygen atoms in total. The van der Waals surface area contributed by atoms with Gasteiger partial charge in [0, 0.05) is 10.2 Å². The molecule has 1 aliphatic rings. The summed E-state index contributed by atoms with van der Waals surface area (Å²) in [6, 6.07) is 15.4. The van der Waals surface area contributed by atoms with Gasteiger partial charge in [-0.05, 0) is 54.8 Å². The molecule has 4 heteroatoms. The highest BCUT2D eigenvalue weighted by Crippen LogP contribution is 2.49. The molecule has 0 saturated heterocycles. The maximum absolute atomic E-state index is 12.6. The summed E-state index contributed by atoms with van der Waals surface area (Å²) in [6.45, 7) is 0. The van der Waals surface area contributed by atoms with Gasteiger partial charge in [0.1, 0.15) is 5.75 Å². The molecule has 0 radical (unpaired) electrons. The number of ether oxygens (including phenoxy) is 1. The standard InChI is InChI=1S/C17H16BrNO2/c1-21-15-8-2-12(3-9-15)17(10-11-17)16(20)19-14-6-4-13(18)5-7-14/h2-9H,10-11H2,1H3,(H,19,20). The number of amides is 1. The highest BCUT2D eigenvalue weighted by molar-refractivity contribution is 9.10. The molecule has 3 rings (SSSR count). The monoisotopic (exact) mass is 345 g/mol. The minimum atomic E-state index is -0.376. The Labute approximate surface area is 132 Å². The van der Waals surface area contributed by atoms with Crippen LogP contribution in [0.3, 0.4) is 0 Å². The zero-order chi connectivity index (χ0) is 14.9. The highest BCUT2D eigenvalue weighted by atomic mass is 79.9. The molecular weight excluding hydrogens is 330 g/mol. The summed E-state index contributed by atoms with van der Waals surface area (Å²) < 4.78 is 6.16. The van der Waals surface area contributed by atoms with E-state index < -0.39 is 0 Å². The zero-order valence-corrected chi connectivity index (χ0v) is 13.3. The maximum atomic E-state index is 12.6. The third-order valence-electron chi connectivity index (χ3n) is 3.93. The van der Waals surface area contributed by atoms with Gasteiger partial charge in [0.15, 0.2) is 0 Å². The fraction of sp³-hybridized carbons (Fsp3) is 0.235. The molecule has 0 unspecified atom stereocenters. The molecule has 1 aliphatic carbocycles. The van der Waals surface area contributed by atoms with Gasteiger partial charge in [0.25, 0.3) is 0 Å². The predicted octanol–water partition coefficient (Wildman–Crippen LogP) is 4.13. The largest absolute Gasteiger partial charge is 0.497 e. The molecule has 0 spiro atoms. The van der Waals surface area contributed by atoms with Crippen LogP contribution in [0, 0.1) is 0 Å². The molecule has 0 atom stereocenters. The van der Waals surface area contributed by atoms with E-state index in [0.717, 1.165) is 34.3 Å². The first-order valence-electron chi connectivity index (χ1n) is 6.86. The fourth-order valence-corrected chi connectivity index (χ4v) is 2.73. The molecule has 0 aromatic heterocycles. The number of hydrogen-bond acceptors (Lipinski definition) is 2. The van der Waals surface area contributed by atoms with Gasteiger partial charge in [0.2, 0.25) is 5.91 Å². The Kier molecular flexibility index (Phi) is 3.72. The molecule has 0 aliphatic heterocycles. The molecular formula is C17H16BrNO2. The van der Waals surface area contributed by atoms with Crippen molar-refractivity contribution < 1.29 is 9.53 Å². The molecule has 0 bridgehead atoms. The van der Waals surface area contributed by atoms with Crippen LogP contribution in [-0.2, 0) is 10.2 Å². The van der Waals surface area contributed by atoms with Crippen molar-refractivity contribution in [2.75, 3.05) is 12.4 Å². The number of benzene rings is 2. The first-order chi connectivity index (χ1) is 10.1. The van der Waals surface area contributed by atoms with Gasteiger partial charge in [-0.1, -0.05) is 28.1 Å². The summed E-state index contributed by atoms with van der Waals surface area (Å²) in [6.07, 6.45) is 1.78. The molecule has 2 aromatic rings. The van der Waals surface area contributed by atoms with Crippen LogP contribution in [0.15, 0.2) is 53.0 Å². The minimum Gasteiger partial charge on any atom is -0.497 e. The van der Waals surface area contributed by atoms with E-state index in [0.29, 0.717) is 0 Å². The summed E-state index contributed by atoms with van der Waals surface area (Å²) in [5, 5.41) is 3.01. The van der Waals surface area contributed by atoms with E-state index in [2.05, 4.69) is 21.2 Å². The number of carbonyl (C=O) groups is 1. The average Bonchev–Trinajstić information content (AvgIpc) is 3.31. The second-order valence-corrected chi connectivity index (χ2v) is 6.19. The first kappa shape index (κ1) is 14.1. The van der Waals surface area contributed by atoms with Crippen LogP contribution in [0.2, 0.25) is 0 Å². The normalized spacial score (nSPS) is 15.3.